The highest BCUT2D eigenvalue weighted by molar-refractivity contribution is 5.28. The molecule has 0 heterocycles. The monoisotopic (exact) mass is 282 g/mol. The summed E-state index contributed by atoms with van der Waals surface area (Å²) in [5.41, 5.74) is 7.80. The quantitative estimate of drug-likeness (QED) is 0.794. The summed E-state index contributed by atoms with van der Waals surface area (Å²) in [4.78, 5) is 0. The normalized spacial score (nSPS) is 13.2. The van der Waals surface area contributed by atoms with Gasteiger partial charge < -0.3 is 15.6 Å². The summed E-state index contributed by atoms with van der Waals surface area (Å²) in [7, 11) is 0. The van der Waals surface area contributed by atoms with Crippen molar-refractivity contribution >= 4 is 0 Å². The average molecular weight is 282 g/mol. The second-order valence-electron chi connectivity index (χ2n) is 4.86. The molecular formula is C17H18N2O2. The first-order valence-corrected chi connectivity index (χ1v) is 6.78. The first-order valence-electron chi connectivity index (χ1n) is 6.78. The Labute approximate surface area is 124 Å². The van der Waals surface area contributed by atoms with Gasteiger partial charge in [-0.05, 0) is 29.7 Å². The van der Waals surface area contributed by atoms with Crippen molar-refractivity contribution in [2.24, 2.45) is 5.73 Å². The maximum atomic E-state index is 9.34. The second kappa shape index (κ2) is 7.44. The number of benzene rings is 2. The lowest BCUT2D eigenvalue weighted by Gasteiger charge is -2.13. The molecule has 4 heteroatoms. The number of nitrogens with zero attached hydrogens (tertiary/aromatic N) is 1. The molecule has 0 bridgehead atoms. The lowest BCUT2D eigenvalue weighted by atomic mass is 10.0. The number of hydrogen-bond donors (Lipinski definition) is 2. The van der Waals surface area contributed by atoms with E-state index in [9.17, 15) is 5.11 Å². The molecule has 4 nitrogen and oxygen atoms in total. The van der Waals surface area contributed by atoms with Gasteiger partial charge in [-0.1, -0.05) is 42.5 Å². The van der Waals surface area contributed by atoms with E-state index >= 15 is 0 Å². The minimum Gasteiger partial charge on any atom is -0.489 e. The average Bonchev–Trinajstić information content (AvgIpc) is 2.54. The van der Waals surface area contributed by atoms with E-state index in [1.54, 1.807) is 6.07 Å². The molecule has 21 heavy (non-hydrogen) atoms. The molecule has 0 radical (unpaired) electrons. The Bertz CT molecular complexity index is 590. The summed E-state index contributed by atoms with van der Waals surface area (Å²) in [5, 5.41) is 17.9. The van der Waals surface area contributed by atoms with Crippen molar-refractivity contribution in [3.63, 3.8) is 0 Å². The van der Waals surface area contributed by atoms with Crippen LogP contribution in [0.4, 0.5) is 0 Å². The van der Waals surface area contributed by atoms with E-state index in [0.29, 0.717) is 13.0 Å². The van der Waals surface area contributed by atoms with Crippen LogP contribution in [0.5, 0.6) is 5.75 Å². The molecule has 2 aromatic rings. The van der Waals surface area contributed by atoms with Crippen molar-refractivity contribution in [3.05, 3.63) is 65.7 Å². The van der Waals surface area contributed by atoms with Gasteiger partial charge in [0.15, 0.2) is 6.10 Å². The van der Waals surface area contributed by atoms with Crippen LogP contribution >= 0.6 is 0 Å². The molecule has 2 rings (SSSR count). The summed E-state index contributed by atoms with van der Waals surface area (Å²) in [6.07, 6.45) is -0.688. The summed E-state index contributed by atoms with van der Waals surface area (Å²) < 4.78 is 5.69. The first kappa shape index (κ1) is 15.0. The van der Waals surface area contributed by atoms with Gasteiger partial charge in [0.25, 0.3) is 0 Å². The van der Waals surface area contributed by atoms with Crippen LogP contribution in [-0.4, -0.2) is 17.3 Å². The fraction of sp³-hybridized carbons (Fsp3) is 0.235. The number of rotatable bonds is 6. The second-order valence-corrected chi connectivity index (χ2v) is 4.86. The highest BCUT2D eigenvalue weighted by Gasteiger charge is 2.13. The summed E-state index contributed by atoms with van der Waals surface area (Å²) >= 11 is 0. The number of hydrogen-bond acceptors (Lipinski definition) is 4. The number of ether oxygens (including phenoxy) is 1. The Kier molecular flexibility index (Phi) is 5.33. The van der Waals surface area contributed by atoms with E-state index in [1.165, 1.54) is 0 Å². The van der Waals surface area contributed by atoms with Crippen LogP contribution in [0.3, 0.4) is 0 Å². The third-order valence-electron chi connectivity index (χ3n) is 3.18. The standard InChI is InChI=1S/C17H18N2O2/c18-11-17(20)16(19)10-13-6-8-15(9-7-13)21-12-14-4-2-1-3-5-14/h1-9,16-17,20H,10,12,19H2. The SMILES string of the molecule is N#CC(O)C(N)Cc1ccc(OCc2ccccc2)cc1. The van der Waals surface area contributed by atoms with Gasteiger partial charge in [0.05, 0.1) is 6.07 Å². The molecule has 0 aliphatic heterocycles. The molecule has 0 spiro atoms. The summed E-state index contributed by atoms with van der Waals surface area (Å²) in [6, 6.07) is 18.6. The lowest BCUT2D eigenvalue weighted by Crippen LogP contribution is -2.35. The predicted octanol–water partition coefficient (Wildman–Crippen LogP) is 2.02. The van der Waals surface area contributed by atoms with Gasteiger partial charge in [0, 0.05) is 6.04 Å². The Hall–Kier alpha value is -2.35. The zero-order chi connectivity index (χ0) is 15.1. The molecular weight excluding hydrogens is 264 g/mol. The maximum absolute atomic E-state index is 9.34. The van der Waals surface area contributed by atoms with Gasteiger partial charge in [-0.2, -0.15) is 5.26 Å². The third-order valence-corrected chi connectivity index (χ3v) is 3.18. The van der Waals surface area contributed by atoms with Crippen molar-refractivity contribution in [1.82, 2.24) is 0 Å². The van der Waals surface area contributed by atoms with Crippen molar-refractivity contribution in [2.45, 2.75) is 25.2 Å². The molecule has 2 unspecified atom stereocenters. The van der Waals surface area contributed by atoms with Crippen LogP contribution in [-0.2, 0) is 13.0 Å². The van der Waals surface area contributed by atoms with E-state index in [4.69, 9.17) is 15.7 Å². The van der Waals surface area contributed by atoms with E-state index in [2.05, 4.69) is 0 Å². The van der Waals surface area contributed by atoms with Crippen LogP contribution in [0.15, 0.2) is 54.6 Å². The molecule has 0 fully saturated rings. The highest BCUT2D eigenvalue weighted by atomic mass is 16.5. The molecule has 2 aromatic carbocycles. The molecule has 0 aromatic heterocycles. The van der Waals surface area contributed by atoms with Crippen molar-refractivity contribution < 1.29 is 9.84 Å². The van der Waals surface area contributed by atoms with Crippen LogP contribution in [0.1, 0.15) is 11.1 Å². The van der Waals surface area contributed by atoms with E-state index < -0.39 is 12.1 Å². The largest absolute Gasteiger partial charge is 0.489 e. The van der Waals surface area contributed by atoms with Gasteiger partial charge >= 0.3 is 0 Å². The van der Waals surface area contributed by atoms with E-state index in [0.717, 1.165) is 16.9 Å². The Morgan fingerprint density at radius 3 is 2.33 bits per heavy atom. The molecule has 0 saturated heterocycles. The zero-order valence-corrected chi connectivity index (χ0v) is 11.6. The number of aliphatic hydroxyl groups is 1. The lowest BCUT2D eigenvalue weighted by molar-refractivity contribution is 0.197. The van der Waals surface area contributed by atoms with Crippen molar-refractivity contribution in [1.29, 1.82) is 5.26 Å². The Balaban J connectivity index is 1.89. The molecule has 0 amide bonds. The van der Waals surface area contributed by atoms with Crippen LogP contribution < -0.4 is 10.5 Å². The summed E-state index contributed by atoms with van der Waals surface area (Å²) in [6.45, 7) is 0.521. The molecule has 0 saturated carbocycles. The van der Waals surface area contributed by atoms with Crippen LogP contribution in [0, 0.1) is 11.3 Å². The molecule has 0 aliphatic carbocycles. The third kappa shape index (κ3) is 4.60. The molecule has 2 atom stereocenters. The smallest absolute Gasteiger partial charge is 0.155 e. The fourth-order valence-corrected chi connectivity index (χ4v) is 1.94. The van der Waals surface area contributed by atoms with E-state index in [-0.39, 0.29) is 0 Å². The minimum absolute atomic E-state index is 0.452. The molecule has 3 N–H and O–H groups in total. The number of nitrogens with two attached hydrogens (primary N) is 1. The number of aliphatic hydroxyl groups excluding tert-OH is 1. The maximum Gasteiger partial charge on any atom is 0.155 e. The number of nitriles is 1. The predicted molar refractivity (Wildman–Crippen MR) is 80.5 cm³/mol. The fourth-order valence-electron chi connectivity index (χ4n) is 1.94. The van der Waals surface area contributed by atoms with Crippen LogP contribution in [0.2, 0.25) is 0 Å². The Morgan fingerprint density at radius 1 is 1.05 bits per heavy atom. The topological polar surface area (TPSA) is 79.3 Å². The van der Waals surface area contributed by atoms with Gasteiger partial charge in [-0.25, -0.2) is 0 Å². The highest BCUT2D eigenvalue weighted by Crippen LogP contribution is 2.15. The van der Waals surface area contributed by atoms with Crippen LogP contribution in [0.25, 0.3) is 0 Å². The van der Waals surface area contributed by atoms with Crippen molar-refractivity contribution in [2.75, 3.05) is 0 Å². The van der Waals surface area contributed by atoms with Gasteiger partial charge in [-0.15, -0.1) is 0 Å². The Morgan fingerprint density at radius 2 is 1.71 bits per heavy atom. The van der Waals surface area contributed by atoms with Gasteiger partial charge in [0.2, 0.25) is 0 Å². The van der Waals surface area contributed by atoms with Gasteiger partial charge in [0.1, 0.15) is 12.4 Å². The van der Waals surface area contributed by atoms with Gasteiger partial charge in [-0.3, -0.25) is 0 Å². The van der Waals surface area contributed by atoms with Crippen molar-refractivity contribution in [3.8, 4) is 11.8 Å². The molecule has 0 aliphatic rings. The molecule has 108 valence electrons. The minimum atomic E-state index is -1.14. The van der Waals surface area contributed by atoms with E-state index in [1.807, 2.05) is 54.6 Å². The first-order chi connectivity index (χ1) is 10.2. The summed E-state index contributed by atoms with van der Waals surface area (Å²) in [5.74, 6) is 0.775. The zero-order valence-electron chi connectivity index (χ0n) is 11.6.